The minimum absolute atomic E-state index is 0.0167. The molecule has 3 rings (SSSR count). The Morgan fingerprint density at radius 3 is 2.07 bits per heavy atom. The van der Waals surface area contributed by atoms with E-state index in [4.69, 9.17) is 0 Å². The van der Waals surface area contributed by atoms with Gasteiger partial charge < -0.3 is 10.2 Å². The third-order valence-electron chi connectivity index (χ3n) is 4.60. The highest BCUT2D eigenvalue weighted by atomic mass is 32.2. The fourth-order valence-electron chi connectivity index (χ4n) is 3.06. The summed E-state index contributed by atoms with van der Waals surface area (Å²) in [6.07, 6.45) is 0. The summed E-state index contributed by atoms with van der Waals surface area (Å²) in [7, 11) is -3.84. The number of anilines is 1. The lowest BCUT2D eigenvalue weighted by atomic mass is 10.1. The van der Waals surface area contributed by atoms with Crippen molar-refractivity contribution in [1.29, 1.82) is 0 Å². The van der Waals surface area contributed by atoms with Crippen molar-refractivity contribution >= 4 is 27.5 Å². The Balaban J connectivity index is 1.69. The highest BCUT2D eigenvalue weighted by Gasteiger charge is 2.31. The number of hydrogen-bond donors (Lipinski definition) is 1. The summed E-state index contributed by atoms with van der Waals surface area (Å²) in [5.41, 5.74) is -0.163. The summed E-state index contributed by atoms with van der Waals surface area (Å²) in [6, 6.07) is 7.15. The molecule has 1 heterocycles. The highest BCUT2D eigenvalue weighted by molar-refractivity contribution is 7.89. The van der Waals surface area contributed by atoms with Gasteiger partial charge in [-0.25, -0.2) is 21.6 Å². The van der Waals surface area contributed by atoms with Crippen molar-refractivity contribution in [2.75, 3.05) is 31.5 Å². The maximum atomic E-state index is 13.9. The molecule has 0 aliphatic carbocycles. The number of rotatable bonds is 4. The van der Waals surface area contributed by atoms with Gasteiger partial charge in [0.05, 0.1) is 10.5 Å². The summed E-state index contributed by atoms with van der Waals surface area (Å²) in [6.45, 7) is 1.15. The molecule has 30 heavy (non-hydrogen) atoms. The van der Waals surface area contributed by atoms with Crippen LogP contribution in [0.3, 0.4) is 0 Å². The van der Waals surface area contributed by atoms with Crippen LogP contribution in [0.1, 0.15) is 17.3 Å². The molecule has 0 atom stereocenters. The molecule has 7 nitrogen and oxygen atoms in total. The second-order valence-corrected chi connectivity index (χ2v) is 8.56. The van der Waals surface area contributed by atoms with Crippen molar-refractivity contribution in [2.24, 2.45) is 0 Å². The number of amides is 2. The quantitative estimate of drug-likeness (QED) is 0.738. The SMILES string of the molecule is CC(=O)Nc1ccc(S(=O)(=O)N2CCN(C(=O)c3ccc(F)c(F)c3F)CC2)cc1. The zero-order valence-corrected chi connectivity index (χ0v) is 16.7. The predicted octanol–water partition coefficient (Wildman–Crippen LogP) is 2.21. The van der Waals surface area contributed by atoms with E-state index >= 15 is 0 Å². The maximum Gasteiger partial charge on any atom is 0.257 e. The van der Waals surface area contributed by atoms with Gasteiger partial charge in [-0.15, -0.1) is 0 Å². The van der Waals surface area contributed by atoms with Gasteiger partial charge in [-0.1, -0.05) is 0 Å². The van der Waals surface area contributed by atoms with E-state index in [-0.39, 0.29) is 37.0 Å². The van der Waals surface area contributed by atoms with Crippen LogP contribution in [-0.2, 0) is 14.8 Å². The smallest absolute Gasteiger partial charge is 0.257 e. The standard InChI is InChI=1S/C19H18F3N3O4S/c1-12(26)23-13-2-4-14(5-3-13)30(28,29)25-10-8-24(9-11-25)19(27)15-6-7-16(20)18(22)17(15)21/h2-7H,8-11H2,1H3,(H,23,26). The van der Waals surface area contributed by atoms with Crippen LogP contribution in [-0.4, -0.2) is 55.6 Å². The Labute approximate surface area is 171 Å². The summed E-state index contributed by atoms with van der Waals surface area (Å²) in [5, 5.41) is 2.54. The lowest BCUT2D eigenvalue weighted by Gasteiger charge is -2.34. The van der Waals surface area contributed by atoms with Crippen LogP contribution < -0.4 is 5.32 Å². The Bertz CT molecular complexity index is 1080. The first-order valence-corrected chi connectivity index (χ1v) is 10.4. The van der Waals surface area contributed by atoms with Crippen molar-refractivity contribution in [3.05, 3.63) is 59.4 Å². The molecule has 1 N–H and O–H groups in total. The summed E-state index contributed by atoms with van der Waals surface area (Å²) in [5.74, 6) is -5.84. The van der Waals surface area contributed by atoms with E-state index in [1.165, 1.54) is 40.4 Å². The zero-order valence-electron chi connectivity index (χ0n) is 15.9. The molecule has 0 aromatic heterocycles. The van der Waals surface area contributed by atoms with E-state index in [2.05, 4.69) is 5.32 Å². The van der Waals surface area contributed by atoms with Gasteiger partial charge in [0.1, 0.15) is 0 Å². The van der Waals surface area contributed by atoms with E-state index in [9.17, 15) is 31.2 Å². The Hall–Kier alpha value is -2.92. The lowest BCUT2D eigenvalue weighted by molar-refractivity contribution is -0.114. The van der Waals surface area contributed by atoms with Gasteiger partial charge in [0.2, 0.25) is 15.9 Å². The third kappa shape index (κ3) is 4.31. The fourth-order valence-corrected chi connectivity index (χ4v) is 4.48. The minimum atomic E-state index is -3.84. The number of carbonyl (C=O) groups excluding carboxylic acids is 2. The van der Waals surface area contributed by atoms with E-state index in [1.807, 2.05) is 0 Å². The van der Waals surface area contributed by atoms with Crippen LogP contribution in [0.25, 0.3) is 0 Å². The van der Waals surface area contributed by atoms with Crippen LogP contribution in [0.5, 0.6) is 0 Å². The summed E-state index contributed by atoms with van der Waals surface area (Å²) < 4.78 is 67.1. The van der Waals surface area contributed by atoms with Gasteiger partial charge in [-0.05, 0) is 36.4 Å². The number of benzene rings is 2. The van der Waals surface area contributed by atoms with E-state index in [1.54, 1.807) is 0 Å². The Morgan fingerprint density at radius 2 is 1.50 bits per heavy atom. The topological polar surface area (TPSA) is 86.8 Å². The fraction of sp³-hybridized carbons (Fsp3) is 0.263. The molecule has 0 saturated carbocycles. The molecule has 1 fully saturated rings. The number of sulfonamides is 1. The molecule has 0 unspecified atom stereocenters. The van der Waals surface area contributed by atoms with Crippen LogP contribution >= 0.6 is 0 Å². The van der Waals surface area contributed by atoms with Crippen molar-refractivity contribution < 1.29 is 31.2 Å². The second kappa shape index (κ2) is 8.44. The Morgan fingerprint density at radius 1 is 0.900 bits per heavy atom. The van der Waals surface area contributed by atoms with Crippen molar-refractivity contribution in [2.45, 2.75) is 11.8 Å². The van der Waals surface area contributed by atoms with Crippen LogP contribution in [0.15, 0.2) is 41.3 Å². The molecule has 0 bridgehead atoms. The number of carbonyl (C=O) groups is 2. The second-order valence-electron chi connectivity index (χ2n) is 6.62. The first-order valence-electron chi connectivity index (χ1n) is 8.92. The Kier molecular flexibility index (Phi) is 6.13. The summed E-state index contributed by atoms with van der Waals surface area (Å²) in [4.78, 5) is 24.7. The number of nitrogens with zero attached hydrogens (tertiary/aromatic N) is 2. The van der Waals surface area contributed by atoms with Gasteiger partial charge in [0.15, 0.2) is 17.5 Å². The number of hydrogen-bond acceptors (Lipinski definition) is 4. The van der Waals surface area contributed by atoms with E-state index in [0.29, 0.717) is 11.8 Å². The largest absolute Gasteiger partial charge is 0.336 e. The first kappa shape index (κ1) is 21.8. The lowest BCUT2D eigenvalue weighted by Crippen LogP contribution is -2.50. The molecule has 1 saturated heterocycles. The van der Waals surface area contributed by atoms with Gasteiger partial charge >= 0.3 is 0 Å². The minimum Gasteiger partial charge on any atom is -0.336 e. The molecule has 11 heteroatoms. The third-order valence-corrected chi connectivity index (χ3v) is 6.52. The van der Waals surface area contributed by atoms with Gasteiger partial charge in [0.25, 0.3) is 5.91 Å². The molecule has 1 aliphatic rings. The molecule has 2 aromatic rings. The highest BCUT2D eigenvalue weighted by Crippen LogP contribution is 2.22. The number of nitrogens with one attached hydrogen (secondary N) is 1. The number of halogens is 3. The molecular weight excluding hydrogens is 423 g/mol. The van der Waals surface area contributed by atoms with Crippen LogP contribution in [0, 0.1) is 17.5 Å². The summed E-state index contributed by atoms with van der Waals surface area (Å²) >= 11 is 0. The molecule has 0 radical (unpaired) electrons. The van der Waals surface area contributed by atoms with Crippen molar-refractivity contribution in [3.63, 3.8) is 0 Å². The van der Waals surface area contributed by atoms with Gasteiger partial charge in [-0.3, -0.25) is 9.59 Å². The predicted molar refractivity (Wildman–Crippen MR) is 102 cm³/mol. The number of piperazine rings is 1. The average molecular weight is 441 g/mol. The van der Waals surface area contributed by atoms with Crippen molar-refractivity contribution in [3.8, 4) is 0 Å². The maximum absolute atomic E-state index is 13.9. The molecular formula is C19H18F3N3O4S. The molecule has 1 aliphatic heterocycles. The molecule has 2 amide bonds. The zero-order chi connectivity index (χ0) is 22.1. The average Bonchev–Trinajstić information content (AvgIpc) is 2.72. The molecule has 0 spiro atoms. The first-order chi connectivity index (χ1) is 14.1. The molecule has 2 aromatic carbocycles. The van der Waals surface area contributed by atoms with Crippen LogP contribution in [0.4, 0.5) is 18.9 Å². The van der Waals surface area contributed by atoms with E-state index in [0.717, 1.165) is 6.07 Å². The normalized spacial score (nSPS) is 15.1. The van der Waals surface area contributed by atoms with Crippen molar-refractivity contribution in [1.82, 2.24) is 9.21 Å². The van der Waals surface area contributed by atoms with Crippen LogP contribution in [0.2, 0.25) is 0 Å². The monoisotopic (exact) mass is 441 g/mol. The van der Waals surface area contributed by atoms with Gasteiger partial charge in [-0.2, -0.15) is 4.31 Å². The molecule has 160 valence electrons. The van der Waals surface area contributed by atoms with Gasteiger partial charge in [0, 0.05) is 38.8 Å². The van der Waals surface area contributed by atoms with E-state index < -0.39 is 38.9 Å².